The van der Waals surface area contributed by atoms with Crippen LogP contribution in [0.15, 0.2) is 53.0 Å². The van der Waals surface area contributed by atoms with Crippen LogP contribution >= 0.6 is 15.9 Å². The molecular formula is C22H25BrN2O4. The summed E-state index contributed by atoms with van der Waals surface area (Å²) in [7, 11) is 0. The zero-order valence-electron chi connectivity index (χ0n) is 16.3. The minimum absolute atomic E-state index is 0.127. The molecule has 2 unspecified atom stereocenters. The van der Waals surface area contributed by atoms with Gasteiger partial charge in [0.05, 0.1) is 18.6 Å². The molecule has 2 N–H and O–H groups in total. The van der Waals surface area contributed by atoms with E-state index in [0.29, 0.717) is 18.0 Å². The quantitative estimate of drug-likeness (QED) is 0.618. The van der Waals surface area contributed by atoms with Crippen LogP contribution in [-0.4, -0.2) is 31.1 Å². The van der Waals surface area contributed by atoms with Crippen molar-refractivity contribution in [1.82, 2.24) is 5.32 Å². The molecule has 29 heavy (non-hydrogen) atoms. The first kappa shape index (κ1) is 21.3. The van der Waals surface area contributed by atoms with E-state index in [9.17, 15) is 9.59 Å². The van der Waals surface area contributed by atoms with E-state index in [1.807, 2.05) is 42.5 Å². The van der Waals surface area contributed by atoms with Crippen LogP contribution < -0.4 is 15.4 Å². The van der Waals surface area contributed by atoms with Crippen molar-refractivity contribution in [3.8, 4) is 5.75 Å². The lowest BCUT2D eigenvalue weighted by molar-refractivity contribution is -0.120. The van der Waals surface area contributed by atoms with Gasteiger partial charge in [0.1, 0.15) is 12.4 Å². The minimum Gasteiger partial charge on any atom is -0.491 e. The number of anilines is 1. The smallest absolute Gasteiger partial charge is 0.226 e. The van der Waals surface area contributed by atoms with Crippen LogP contribution in [0.5, 0.6) is 5.75 Å². The fourth-order valence-corrected chi connectivity index (χ4v) is 3.48. The van der Waals surface area contributed by atoms with Gasteiger partial charge in [-0.05, 0) is 42.7 Å². The number of amides is 2. The second-order valence-electron chi connectivity index (χ2n) is 7.03. The Balaban J connectivity index is 1.59. The third-order valence-corrected chi connectivity index (χ3v) is 5.15. The maximum Gasteiger partial charge on any atom is 0.226 e. The monoisotopic (exact) mass is 460 g/mol. The molecule has 2 aromatic carbocycles. The summed E-state index contributed by atoms with van der Waals surface area (Å²) in [6.45, 7) is 2.74. The predicted octanol–water partition coefficient (Wildman–Crippen LogP) is 4.21. The Morgan fingerprint density at radius 2 is 2.03 bits per heavy atom. The molecule has 0 aliphatic carbocycles. The largest absolute Gasteiger partial charge is 0.491 e. The zero-order valence-corrected chi connectivity index (χ0v) is 17.9. The van der Waals surface area contributed by atoms with E-state index in [1.54, 1.807) is 6.07 Å². The van der Waals surface area contributed by atoms with Gasteiger partial charge < -0.3 is 20.1 Å². The van der Waals surface area contributed by atoms with E-state index < -0.39 is 6.04 Å². The van der Waals surface area contributed by atoms with Gasteiger partial charge in [-0.2, -0.15) is 0 Å². The summed E-state index contributed by atoms with van der Waals surface area (Å²) >= 11 is 3.40. The van der Waals surface area contributed by atoms with Crippen molar-refractivity contribution in [2.45, 2.75) is 38.3 Å². The Morgan fingerprint density at radius 1 is 1.24 bits per heavy atom. The number of hydrogen-bond donors (Lipinski definition) is 2. The molecule has 2 aromatic rings. The highest BCUT2D eigenvalue weighted by atomic mass is 79.9. The van der Waals surface area contributed by atoms with Gasteiger partial charge in [-0.25, -0.2) is 0 Å². The standard InChI is InChI=1S/C22H25BrN2O4/c1-15(26)24-21(16-7-9-17(23)10-8-16)13-22(27)25-18-4-2-5-19(12-18)29-14-20-6-3-11-28-20/h2,4-5,7-10,12,20-21H,3,6,11,13-14H2,1H3,(H,24,26)(H,25,27). The number of halogens is 1. The van der Waals surface area contributed by atoms with Crippen LogP contribution in [0.3, 0.4) is 0 Å². The van der Waals surface area contributed by atoms with Gasteiger partial charge in [-0.3, -0.25) is 9.59 Å². The molecule has 1 aliphatic heterocycles. The first-order valence-electron chi connectivity index (χ1n) is 9.66. The molecule has 3 rings (SSSR count). The van der Waals surface area contributed by atoms with Crippen LogP contribution in [0.2, 0.25) is 0 Å². The number of benzene rings is 2. The van der Waals surface area contributed by atoms with Crippen LogP contribution in [0, 0.1) is 0 Å². The highest BCUT2D eigenvalue weighted by Crippen LogP contribution is 2.23. The number of ether oxygens (including phenoxy) is 2. The molecule has 1 heterocycles. The van der Waals surface area contributed by atoms with Gasteiger partial charge in [0.25, 0.3) is 0 Å². The number of nitrogens with one attached hydrogen (secondary N) is 2. The number of rotatable bonds is 8. The van der Waals surface area contributed by atoms with Gasteiger partial charge in [0.15, 0.2) is 0 Å². The summed E-state index contributed by atoms with van der Waals surface area (Å²) in [6, 6.07) is 14.4. The Hall–Kier alpha value is -2.38. The summed E-state index contributed by atoms with van der Waals surface area (Å²) < 4.78 is 12.3. The topological polar surface area (TPSA) is 76.7 Å². The van der Waals surface area contributed by atoms with Gasteiger partial charge >= 0.3 is 0 Å². The fraction of sp³-hybridized carbons (Fsp3) is 0.364. The summed E-state index contributed by atoms with van der Waals surface area (Å²) in [6.07, 6.45) is 2.34. The van der Waals surface area contributed by atoms with Crippen molar-refractivity contribution in [2.75, 3.05) is 18.5 Å². The molecule has 1 fully saturated rings. The van der Waals surface area contributed by atoms with Gasteiger partial charge in [0.2, 0.25) is 11.8 Å². The van der Waals surface area contributed by atoms with Crippen LogP contribution in [0.1, 0.15) is 37.8 Å². The van der Waals surface area contributed by atoms with Crippen molar-refractivity contribution in [3.63, 3.8) is 0 Å². The third-order valence-electron chi connectivity index (χ3n) is 4.62. The van der Waals surface area contributed by atoms with E-state index in [0.717, 1.165) is 29.5 Å². The maximum atomic E-state index is 12.6. The summed E-state index contributed by atoms with van der Waals surface area (Å²) in [4.78, 5) is 24.2. The van der Waals surface area contributed by atoms with Crippen LogP contribution in [-0.2, 0) is 14.3 Å². The van der Waals surface area contributed by atoms with Gasteiger partial charge in [-0.15, -0.1) is 0 Å². The summed E-state index contributed by atoms with van der Waals surface area (Å²) in [5.41, 5.74) is 1.52. The predicted molar refractivity (Wildman–Crippen MR) is 115 cm³/mol. The average molecular weight is 461 g/mol. The highest BCUT2D eigenvalue weighted by molar-refractivity contribution is 9.10. The first-order chi connectivity index (χ1) is 14.0. The molecule has 0 spiro atoms. The highest BCUT2D eigenvalue weighted by Gasteiger charge is 2.18. The Bertz CT molecular complexity index is 835. The van der Waals surface area contributed by atoms with E-state index >= 15 is 0 Å². The molecule has 0 radical (unpaired) electrons. The number of carbonyl (C=O) groups is 2. The molecule has 7 heteroatoms. The summed E-state index contributed by atoms with van der Waals surface area (Å²) in [5, 5.41) is 5.73. The molecular weight excluding hydrogens is 436 g/mol. The molecule has 2 atom stereocenters. The van der Waals surface area contributed by atoms with Crippen LogP contribution in [0.4, 0.5) is 5.69 Å². The van der Waals surface area contributed by atoms with Crippen molar-refractivity contribution in [2.24, 2.45) is 0 Å². The second-order valence-corrected chi connectivity index (χ2v) is 7.95. The van der Waals surface area contributed by atoms with Crippen molar-refractivity contribution >= 4 is 33.4 Å². The van der Waals surface area contributed by atoms with E-state index in [1.165, 1.54) is 6.92 Å². The Labute approximate surface area is 179 Å². The molecule has 1 saturated heterocycles. The zero-order chi connectivity index (χ0) is 20.6. The lowest BCUT2D eigenvalue weighted by atomic mass is 10.0. The lowest BCUT2D eigenvalue weighted by Gasteiger charge is -2.18. The number of hydrogen-bond acceptors (Lipinski definition) is 4. The van der Waals surface area contributed by atoms with E-state index in [2.05, 4.69) is 26.6 Å². The molecule has 1 aliphatic rings. The molecule has 0 saturated carbocycles. The third kappa shape index (κ3) is 6.87. The SMILES string of the molecule is CC(=O)NC(CC(=O)Nc1cccc(OCC2CCCO2)c1)c1ccc(Br)cc1. The maximum absolute atomic E-state index is 12.6. The van der Waals surface area contributed by atoms with Gasteiger partial charge in [-0.1, -0.05) is 34.1 Å². The van der Waals surface area contributed by atoms with Crippen molar-refractivity contribution in [1.29, 1.82) is 0 Å². The molecule has 6 nitrogen and oxygen atoms in total. The summed E-state index contributed by atoms with van der Waals surface area (Å²) in [5.74, 6) is 0.308. The minimum atomic E-state index is -0.403. The second kappa shape index (κ2) is 10.4. The molecule has 0 aromatic heterocycles. The lowest BCUT2D eigenvalue weighted by Crippen LogP contribution is -2.29. The first-order valence-corrected chi connectivity index (χ1v) is 10.5. The fourth-order valence-electron chi connectivity index (χ4n) is 3.22. The van der Waals surface area contributed by atoms with E-state index in [4.69, 9.17) is 9.47 Å². The Kier molecular flexibility index (Phi) is 7.66. The average Bonchev–Trinajstić information content (AvgIpc) is 3.20. The van der Waals surface area contributed by atoms with Crippen LogP contribution in [0.25, 0.3) is 0 Å². The number of carbonyl (C=O) groups excluding carboxylic acids is 2. The van der Waals surface area contributed by atoms with Crippen molar-refractivity contribution < 1.29 is 19.1 Å². The molecule has 0 bridgehead atoms. The Morgan fingerprint density at radius 3 is 2.72 bits per heavy atom. The molecule has 2 amide bonds. The van der Waals surface area contributed by atoms with E-state index in [-0.39, 0.29) is 24.3 Å². The molecule has 154 valence electrons. The van der Waals surface area contributed by atoms with Gasteiger partial charge in [0, 0.05) is 29.8 Å². The normalized spacial score (nSPS) is 16.8. The van der Waals surface area contributed by atoms with Crippen molar-refractivity contribution in [3.05, 3.63) is 58.6 Å².